The third-order valence-electron chi connectivity index (χ3n) is 4.95. The van der Waals surface area contributed by atoms with Crippen LogP contribution >= 0.6 is 0 Å². The lowest BCUT2D eigenvalue weighted by Crippen LogP contribution is -2.39. The van der Waals surface area contributed by atoms with Crippen LogP contribution in [0.5, 0.6) is 0 Å². The number of hydrogen-bond donors (Lipinski definition) is 1. The van der Waals surface area contributed by atoms with Gasteiger partial charge in [0.2, 0.25) is 5.91 Å². The molecular formula is C17H24N2O. The molecule has 0 aromatic heterocycles. The molecule has 1 aromatic rings. The van der Waals surface area contributed by atoms with Crippen LogP contribution in [0, 0.1) is 5.92 Å². The maximum atomic E-state index is 12.9. The molecule has 0 saturated carbocycles. The number of fused-ring (bicyclic) bond motifs is 1. The Balaban J connectivity index is 1.82. The zero-order valence-corrected chi connectivity index (χ0v) is 12.2. The summed E-state index contributed by atoms with van der Waals surface area (Å²) >= 11 is 0. The van der Waals surface area contributed by atoms with Crippen molar-refractivity contribution in [1.29, 1.82) is 0 Å². The zero-order valence-electron chi connectivity index (χ0n) is 12.2. The van der Waals surface area contributed by atoms with Gasteiger partial charge in [-0.2, -0.15) is 0 Å². The molecule has 3 rings (SSSR count). The van der Waals surface area contributed by atoms with Crippen LogP contribution in [0.4, 0.5) is 0 Å². The summed E-state index contributed by atoms with van der Waals surface area (Å²) in [6.45, 7) is 3.69. The molecule has 1 fully saturated rings. The highest BCUT2D eigenvalue weighted by Gasteiger charge is 2.36. The SMILES string of the molecule is CC1CC(CN)CN1C(=O)C1CCCc2ccccc21. The summed E-state index contributed by atoms with van der Waals surface area (Å²) < 4.78 is 0. The molecule has 20 heavy (non-hydrogen) atoms. The standard InChI is InChI=1S/C17H24N2O/c1-12-9-13(10-18)11-19(12)17(20)16-8-4-6-14-5-2-3-7-15(14)16/h2-3,5,7,12-13,16H,4,6,8-11,18H2,1H3. The van der Waals surface area contributed by atoms with Gasteiger partial charge in [-0.05, 0) is 56.2 Å². The lowest BCUT2D eigenvalue weighted by Gasteiger charge is -2.30. The molecule has 0 spiro atoms. The van der Waals surface area contributed by atoms with Crippen LogP contribution in [0.1, 0.15) is 43.2 Å². The predicted octanol–water partition coefficient (Wildman–Crippen LogP) is 2.30. The van der Waals surface area contributed by atoms with Gasteiger partial charge in [0, 0.05) is 12.6 Å². The average molecular weight is 272 g/mol. The van der Waals surface area contributed by atoms with E-state index in [1.54, 1.807) is 0 Å². The van der Waals surface area contributed by atoms with Gasteiger partial charge in [-0.15, -0.1) is 0 Å². The van der Waals surface area contributed by atoms with Crippen molar-refractivity contribution in [2.45, 2.75) is 44.6 Å². The molecule has 1 heterocycles. The zero-order chi connectivity index (χ0) is 14.1. The van der Waals surface area contributed by atoms with Crippen LogP contribution in [0.3, 0.4) is 0 Å². The maximum absolute atomic E-state index is 12.9. The number of nitrogens with two attached hydrogens (primary N) is 1. The molecule has 3 nitrogen and oxygen atoms in total. The second-order valence-electron chi connectivity index (χ2n) is 6.32. The van der Waals surface area contributed by atoms with Gasteiger partial charge in [-0.3, -0.25) is 4.79 Å². The lowest BCUT2D eigenvalue weighted by atomic mass is 9.82. The summed E-state index contributed by atoms with van der Waals surface area (Å²) in [7, 11) is 0. The van der Waals surface area contributed by atoms with Crippen molar-refractivity contribution in [3.05, 3.63) is 35.4 Å². The second kappa shape index (κ2) is 5.57. The van der Waals surface area contributed by atoms with Gasteiger partial charge in [0.25, 0.3) is 0 Å². The first-order valence-corrected chi connectivity index (χ1v) is 7.79. The molecular weight excluding hydrogens is 248 g/mol. The van der Waals surface area contributed by atoms with E-state index in [0.717, 1.165) is 32.2 Å². The Hall–Kier alpha value is -1.35. The molecule has 0 radical (unpaired) electrons. The third-order valence-corrected chi connectivity index (χ3v) is 4.95. The predicted molar refractivity (Wildman–Crippen MR) is 80.5 cm³/mol. The van der Waals surface area contributed by atoms with Crippen LogP contribution in [0.25, 0.3) is 0 Å². The van der Waals surface area contributed by atoms with Crippen LogP contribution in [-0.4, -0.2) is 29.9 Å². The van der Waals surface area contributed by atoms with Gasteiger partial charge < -0.3 is 10.6 Å². The Labute approximate surface area is 121 Å². The summed E-state index contributed by atoms with van der Waals surface area (Å²) in [6.07, 6.45) is 4.28. The van der Waals surface area contributed by atoms with Crippen LogP contribution in [-0.2, 0) is 11.2 Å². The van der Waals surface area contributed by atoms with Gasteiger partial charge in [0.15, 0.2) is 0 Å². The Morgan fingerprint density at radius 1 is 1.40 bits per heavy atom. The number of rotatable bonds is 2. The Morgan fingerprint density at radius 3 is 2.95 bits per heavy atom. The number of carbonyl (C=O) groups excluding carboxylic acids is 1. The van der Waals surface area contributed by atoms with E-state index in [1.165, 1.54) is 11.1 Å². The molecule has 2 N–H and O–H groups in total. The van der Waals surface area contributed by atoms with Crippen molar-refractivity contribution in [1.82, 2.24) is 4.90 Å². The Bertz CT molecular complexity index is 500. The van der Waals surface area contributed by atoms with E-state index in [-0.39, 0.29) is 5.92 Å². The van der Waals surface area contributed by atoms with Gasteiger partial charge in [0.1, 0.15) is 0 Å². The number of hydrogen-bond acceptors (Lipinski definition) is 2. The molecule has 1 amide bonds. The third kappa shape index (κ3) is 2.35. The minimum atomic E-state index is 0.0684. The first-order chi connectivity index (χ1) is 9.70. The second-order valence-corrected chi connectivity index (χ2v) is 6.32. The number of amides is 1. The normalized spacial score (nSPS) is 29.3. The van der Waals surface area contributed by atoms with Gasteiger partial charge in [-0.25, -0.2) is 0 Å². The maximum Gasteiger partial charge on any atom is 0.230 e. The fraction of sp³-hybridized carbons (Fsp3) is 0.588. The van der Waals surface area contributed by atoms with Crippen molar-refractivity contribution in [2.75, 3.05) is 13.1 Å². The quantitative estimate of drug-likeness (QED) is 0.898. The van der Waals surface area contributed by atoms with Crippen LogP contribution < -0.4 is 5.73 Å². The minimum absolute atomic E-state index is 0.0684. The van der Waals surface area contributed by atoms with E-state index in [9.17, 15) is 4.79 Å². The van der Waals surface area contributed by atoms with Crippen molar-refractivity contribution in [3.63, 3.8) is 0 Å². The molecule has 2 aliphatic rings. The smallest absolute Gasteiger partial charge is 0.230 e. The van der Waals surface area contributed by atoms with Gasteiger partial charge >= 0.3 is 0 Å². The van der Waals surface area contributed by atoms with Crippen molar-refractivity contribution in [2.24, 2.45) is 11.7 Å². The Morgan fingerprint density at radius 2 is 2.20 bits per heavy atom. The fourth-order valence-corrected chi connectivity index (χ4v) is 3.83. The van der Waals surface area contributed by atoms with Crippen LogP contribution in [0.2, 0.25) is 0 Å². The minimum Gasteiger partial charge on any atom is -0.339 e. The van der Waals surface area contributed by atoms with E-state index in [0.29, 0.717) is 24.4 Å². The summed E-state index contributed by atoms with van der Waals surface area (Å²) in [6, 6.07) is 8.78. The van der Waals surface area contributed by atoms with E-state index < -0.39 is 0 Å². The molecule has 3 atom stereocenters. The van der Waals surface area contributed by atoms with Crippen LogP contribution in [0.15, 0.2) is 24.3 Å². The van der Waals surface area contributed by atoms with Gasteiger partial charge in [0.05, 0.1) is 5.92 Å². The first kappa shape index (κ1) is 13.6. The number of likely N-dealkylation sites (tertiary alicyclic amines) is 1. The molecule has 1 aliphatic carbocycles. The molecule has 3 unspecified atom stereocenters. The highest BCUT2D eigenvalue weighted by Crippen LogP contribution is 2.35. The van der Waals surface area contributed by atoms with E-state index >= 15 is 0 Å². The van der Waals surface area contributed by atoms with E-state index in [2.05, 4.69) is 36.1 Å². The topological polar surface area (TPSA) is 46.3 Å². The average Bonchev–Trinajstić information content (AvgIpc) is 2.87. The first-order valence-electron chi connectivity index (χ1n) is 7.79. The van der Waals surface area contributed by atoms with Crippen molar-refractivity contribution < 1.29 is 4.79 Å². The monoisotopic (exact) mass is 272 g/mol. The molecule has 0 bridgehead atoms. The highest BCUT2D eigenvalue weighted by molar-refractivity contribution is 5.85. The summed E-state index contributed by atoms with van der Waals surface area (Å²) in [4.78, 5) is 15.0. The number of nitrogens with zero attached hydrogens (tertiary/aromatic N) is 1. The number of benzene rings is 1. The largest absolute Gasteiger partial charge is 0.339 e. The van der Waals surface area contributed by atoms with E-state index in [4.69, 9.17) is 5.73 Å². The molecule has 1 aromatic carbocycles. The molecule has 108 valence electrons. The highest BCUT2D eigenvalue weighted by atomic mass is 16.2. The lowest BCUT2D eigenvalue weighted by molar-refractivity contribution is -0.133. The molecule has 1 aliphatic heterocycles. The molecule has 3 heteroatoms. The summed E-state index contributed by atoms with van der Waals surface area (Å²) in [5.41, 5.74) is 8.39. The Kier molecular flexibility index (Phi) is 3.79. The van der Waals surface area contributed by atoms with Crippen molar-refractivity contribution >= 4 is 5.91 Å². The fourth-order valence-electron chi connectivity index (χ4n) is 3.83. The number of carbonyl (C=O) groups is 1. The van der Waals surface area contributed by atoms with Crippen molar-refractivity contribution in [3.8, 4) is 0 Å². The summed E-state index contributed by atoms with van der Waals surface area (Å²) in [5.74, 6) is 0.868. The van der Waals surface area contributed by atoms with E-state index in [1.807, 2.05) is 0 Å². The summed E-state index contributed by atoms with van der Waals surface area (Å²) in [5, 5.41) is 0. The molecule has 1 saturated heterocycles. The number of aryl methyl sites for hydroxylation is 1. The van der Waals surface area contributed by atoms with Gasteiger partial charge in [-0.1, -0.05) is 24.3 Å².